The Morgan fingerprint density at radius 3 is 2.41 bits per heavy atom. The van der Waals surface area contributed by atoms with E-state index >= 15 is 0 Å². The molecule has 0 saturated heterocycles. The first-order chi connectivity index (χ1) is 10.3. The molecule has 0 aliphatic carbocycles. The van der Waals surface area contributed by atoms with E-state index in [1.807, 2.05) is 13.8 Å². The van der Waals surface area contributed by atoms with Crippen LogP contribution in [0.4, 0.5) is 0 Å². The van der Waals surface area contributed by atoms with E-state index in [4.69, 9.17) is 4.42 Å². The number of hydrogen-bond donors (Lipinski definition) is 1. The molecule has 0 unspecified atom stereocenters. The fourth-order valence-corrected chi connectivity index (χ4v) is 4.00. The van der Waals surface area contributed by atoms with Crippen molar-refractivity contribution in [2.75, 3.05) is 6.54 Å². The highest BCUT2D eigenvalue weighted by Gasteiger charge is 2.24. The van der Waals surface area contributed by atoms with Crippen LogP contribution >= 0.6 is 0 Å². The van der Waals surface area contributed by atoms with Crippen molar-refractivity contribution in [1.29, 1.82) is 0 Å². The van der Waals surface area contributed by atoms with Gasteiger partial charge in [0.1, 0.15) is 10.7 Å². The first kappa shape index (κ1) is 16.7. The molecule has 7 nitrogen and oxygen atoms in total. The van der Waals surface area contributed by atoms with E-state index in [2.05, 4.69) is 14.8 Å². The van der Waals surface area contributed by atoms with Gasteiger partial charge >= 0.3 is 0 Å². The van der Waals surface area contributed by atoms with Gasteiger partial charge in [-0.15, -0.1) is 0 Å². The number of hydrogen-bond acceptors (Lipinski definition) is 5. The predicted octanol–water partition coefficient (Wildman–Crippen LogP) is 1.65. The molecule has 122 valence electrons. The van der Waals surface area contributed by atoms with Gasteiger partial charge in [-0.25, -0.2) is 18.1 Å². The summed E-state index contributed by atoms with van der Waals surface area (Å²) in [5, 5.41) is 4.25. The van der Waals surface area contributed by atoms with Crippen LogP contribution in [0.1, 0.15) is 35.7 Å². The summed E-state index contributed by atoms with van der Waals surface area (Å²) in [5.74, 6) is 1.31. The Morgan fingerprint density at radius 1 is 1.23 bits per heavy atom. The lowest BCUT2D eigenvalue weighted by Gasteiger charge is -2.07. The average Bonchev–Trinajstić information content (AvgIpc) is 2.88. The molecular weight excluding hydrogens is 304 g/mol. The first-order valence-corrected chi connectivity index (χ1v) is 8.71. The summed E-state index contributed by atoms with van der Waals surface area (Å²) in [6, 6.07) is 0. The van der Waals surface area contributed by atoms with Gasteiger partial charge in [0.15, 0.2) is 5.89 Å². The summed E-state index contributed by atoms with van der Waals surface area (Å²) in [6.07, 6.45) is 0.489. The number of rotatable bonds is 6. The molecule has 2 heterocycles. The van der Waals surface area contributed by atoms with Gasteiger partial charge in [-0.2, -0.15) is 5.10 Å². The Morgan fingerprint density at radius 2 is 1.91 bits per heavy atom. The van der Waals surface area contributed by atoms with Crippen molar-refractivity contribution >= 4 is 10.0 Å². The summed E-state index contributed by atoms with van der Waals surface area (Å²) >= 11 is 0. The highest BCUT2D eigenvalue weighted by molar-refractivity contribution is 7.89. The summed E-state index contributed by atoms with van der Waals surface area (Å²) < 4.78 is 34.6. The number of aromatic nitrogens is 3. The minimum Gasteiger partial charge on any atom is -0.446 e. The molecule has 0 atom stereocenters. The standard InChI is InChI=1S/C14H22N4O3S/c1-6-18-10(3)14(9(2)17-18)22(19,20)15-8-7-13-11(4)21-12(5)16-13/h15H,6-8H2,1-5H3. The zero-order valence-corrected chi connectivity index (χ0v) is 14.4. The van der Waals surface area contributed by atoms with Gasteiger partial charge in [-0.1, -0.05) is 0 Å². The van der Waals surface area contributed by atoms with E-state index in [-0.39, 0.29) is 11.4 Å². The zero-order valence-electron chi connectivity index (χ0n) is 13.6. The number of oxazole rings is 1. The molecule has 0 bridgehead atoms. The molecule has 0 fully saturated rings. The fraction of sp³-hybridized carbons (Fsp3) is 0.571. The van der Waals surface area contributed by atoms with Gasteiger partial charge in [0.25, 0.3) is 0 Å². The van der Waals surface area contributed by atoms with Crippen molar-refractivity contribution in [3.05, 3.63) is 28.7 Å². The Hall–Kier alpha value is -1.67. The summed E-state index contributed by atoms with van der Waals surface area (Å²) in [6.45, 7) is 9.90. The van der Waals surface area contributed by atoms with E-state index in [0.29, 0.717) is 30.2 Å². The van der Waals surface area contributed by atoms with Gasteiger partial charge in [-0.3, -0.25) is 4.68 Å². The van der Waals surface area contributed by atoms with Crippen molar-refractivity contribution in [1.82, 2.24) is 19.5 Å². The van der Waals surface area contributed by atoms with E-state index in [0.717, 1.165) is 11.5 Å². The van der Waals surface area contributed by atoms with E-state index in [1.54, 1.807) is 25.5 Å². The Labute approximate surface area is 130 Å². The van der Waals surface area contributed by atoms with Crippen molar-refractivity contribution in [2.24, 2.45) is 0 Å². The molecule has 1 N–H and O–H groups in total. The molecule has 2 aromatic heterocycles. The van der Waals surface area contributed by atoms with E-state index < -0.39 is 10.0 Å². The van der Waals surface area contributed by atoms with E-state index in [1.165, 1.54) is 0 Å². The number of nitrogens with zero attached hydrogens (tertiary/aromatic N) is 3. The van der Waals surface area contributed by atoms with Gasteiger partial charge in [0.2, 0.25) is 10.0 Å². The highest BCUT2D eigenvalue weighted by Crippen LogP contribution is 2.19. The van der Waals surface area contributed by atoms with Gasteiger partial charge < -0.3 is 4.42 Å². The average molecular weight is 326 g/mol. The van der Waals surface area contributed by atoms with Crippen LogP contribution in [-0.2, 0) is 23.0 Å². The van der Waals surface area contributed by atoms with Crippen LogP contribution in [0, 0.1) is 27.7 Å². The Balaban J connectivity index is 2.12. The quantitative estimate of drug-likeness (QED) is 0.871. The molecule has 0 amide bonds. The van der Waals surface area contributed by atoms with Gasteiger partial charge in [0.05, 0.1) is 17.1 Å². The molecule has 0 saturated carbocycles. The largest absolute Gasteiger partial charge is 0.446 e. The third-order valence-corrected chi connectivity index (χ3v) is 5.25. The fourth-order valence-electron chi connectivity index (χ4n) is 2.56. The Bertz CT molecular complexity index is 774. The molecule has 8 heteroatoms. The summed E-state index contributed by atoms with van der Waals surface area (Å²) in [4.78, 5) is 4.50. The number of sulfonamides is 1. The smallest absolute Gasteiger partial charge is 0.244 e. The summed E-state index contributed by atoms with van der Waals surface area (Å²) in [7, 11) is -3.58. The van der Waals surface area contributed by atoms with Crippen molar-refractivity contribution < 1.29 is 12.8 Å². The maximum atomic E-state index is 12.5. The lowest BCUT2D eigenvalue weighted by Crippen LogP contribution is -2.27. The van der Waals surface area contributed by atoms with Crippen LogP contribution in [0.2, 0.25) is 0 Å². The minimum atomic E-state index is -3.58. The molecule has 2 aromatic rings. The minimum absolute atomic E-state index is 0.266. The molecule has 0 aliphatic heterocycles. The van der Waals surface area contributed by atoms with Gasteiger partial charge in [0, 0.05) is 26.4 Å². The lowest BCUT2D eigenvalue weighted by atomic mass is 10.3. The third-order valence-electron chi connectivity index (χ3n) is 3.54. The second-order valence-corrected chi connectivity index (χ2v) is 6.90. The molecule has 0 spiro atoms. The van der Waals surface area contributed by atoms with Crippen molar-refractivity contribution in [3.63, 3.8) is 0 Å². The maximum Gasteiger partial charge on any atom is 0.244 e. The Kier molecular flexibility index (Phi) is 4.72. The van der Waals surface area contributed by atoms with Crippen LogP contribution in [-0.4, -0.2) is 29.7 Å². The molecule has 2 rings (SSSR count). The highest BCUT2D eigenvalue weighted by atomic mass is 32.2. The second kappa shape index (κ2) is 6.21. The molecule has 0 radical (unpaired) electrons. The number of aryl methyl sites for hydroxylation is 4. The lowest BCUT2D eigenvalue weighted by molar-refractivity contribution is 0.492. The predicted molar refractivity (Wildman–Crippen MR) is 82.2 cm³/mol. The normalized spacial score (nSPS) is 12.0. The van der Waals surface area contributed by atoms with Crippen LogP contribution < -0.4 is 4.72 Å². The maximum absolute atomic E-state index is 12.5. The molecular formula is C14H22N4O3S. The third kappa shape index (κ3) is 3.22. The van der Waals surface area contributed by atoms with Crippen LogP contribution in [0.3, 0.4) is 0 Å². The van der Waals surface area contributed by atoms with E-state index in [9.17, 15) is 8.42 Å². The van der Waals surface area contributed by atoms with Crippen LogP contribution in [0.25, 0.3) is 0 Å². The number of nitrogens with one attached hydrogen (secondary N) is 1. The topological polar surface area (TPSA) is 90.0 Å². The SMILES string of the molecule is CCn1nc(C)c(S(=O)(=O)NCCc2nc(C)oc2C)c1C. The van der Waals surface area contributed by atoms with Crippen molar-refractivity contribution in [2.45, 2.75) is 52.5 Å². The first-order valence-electron chi connectivity index (χ1n) is 7.22. The monoisotopic (exact) mass is 326 g/mol. The van der Waals surface area contributed by atoms with Crippen LogP contribution in [0.5, 0.6) is 0 Å². The molecule has 22 heavy (non-hydrogen) atoms. The van der Waals surface area contributed by atoms with Gasteiger partial charge in [-0.05, 0) is 27.7 Å². The molecule has 0 aromatic carbocycles. The molecule has 0 aliphatic rings. The second-order valence-electron chi connectivity index (χ2n) is 5.20. The van der Waals surface area contributed by atoms with Crippen molar-refractivity contribution in [3.8, 4) is 0 Å². The summed E-state index contributed by atoms with van der Waals surface area (Å²) in [5.41, 5.74) is 1.94. The zero-order chi connectivity index (χ0) is 16.5. The van der Waals surface area contributed by atoms with Crippen LogP contribution in [0.15, 0.2) is 9.31 Å².